The number of rotatable bonds is 5. The van der Waals surface area contributed by atoms with Crippen molar-refractivity contribution >= 4 is 34.5 Å². The number of nitrogens with one attached hydrogen (secondary N) is 1. The van der Waals surface area contributed by atoms with Gasteiger partial charge in [-0.05, 0) is 35.6 Å². The highest BCUT2D eigenvalue weighted by atomic mass is 35.5. The molecule has 0 saturated heterocycles. The van der Waals surface area contributed by atoms with E-state index in [1.807, 2.05) is 5.38 Å². The van der Waals surface area contributed by atoms with E-state index in [1.54, 1.807) is 29.6 Å². The smallest absolute Gasteiger partial charge is 0.256 e. The van der Waals surface area contributed by atoms with Crippen molar-refractivity contribution in [1.29, 1.82) is 0 Å². The topological polar surface area (TPSA) is 38.3 Å². The summed E-state index contributed by atoms with van der Waals surface area (Å²) >= 11 is 7.63. The highest BCUT2D eigenvalue weighted by Crippen LogP contribution is 2.28. The molecule has 0 aliphatic carbocycles. The summed E-state index contributed by atoms with van der Waals surface area (Å²) in [7, 11) is 0. The monoisotopic (exact) mass is 309 g/mol. The zero-order valence-electron chi connectivity index (χ0n) is 11.4. The zero-order valence-corrected chi connectivity index (χ0v) is 12.9. The van der Waals surface area contributed by atoms with Crippen LogP contribution in [0.2, 0.25) is 5.02 Å². The van der Waals surface area contributed by atoms with Crippen molar-refractivity contribution in [1.82, 2.24) is 0 Å². The third-order valence-electron chi connectivity index (χ3n) is 2.55. The Labute approximate surface area is 127 Å². The molecular weight excluding hydrogens is 294 g/mol. The SMILES string of the molecule is CC(C)COc1ccc(NC(=O)c2ccsc2)cc1Cl. The predicted molar refractivity (Wildman–Crippen MR) is 84.1 cm³/mol. The first-order valence-electron chi connectivity index (χ1n) is 6.32. The fourth-order valence-corrected chi connectivity index (χ4v) is 2.42. The number of ether oxygens (including phenoxy) is 1. The summed E-state index contributed by atoms with van der Waals surface area (Å²) in [4.78, 5) is 11.9. The summed E-state index contributed by atoms with van der Waals surface area (Å²) in [5.74, 6) is 0.927. The molecule has 2 aromatic rings. The maximum absolute atomic E-state index is 11.9. The summed E-state index contributed by atoms with van der Waals surface area (Å²) in [6.45, 7) is 4.76. The van der Waals surface area contributed by atoms with Crippen LogP contribution in [-0.2, 0) is 0 Å². The minimum absolute atomic E-state index is 0.141. The Morgan fingerprint density at radius 3 is 2.80 bits per heavy atom. The average molecular weight is 310 g/mol. The molecule has 0 unspecified atom stereocenters. The number of anilines is 1. The first-order chi connectivity index (χ1) is 9.56. The van der Waals surface area contributed by atoms with Gasteiger partial charge in [0.1, 0.15) is 5.75 Å². The van der Waals surface area contributed by atoms with Gasteiger partial charge in [0.2, 0.25) is 0 Å². The van der Waals surface area contributed by atoms with Crippen molar-refractivity contribution < 1.29 is 9.53 Å². The Morgan fingerprint density at radius 1 is 1.40 bits per heavy atom. The Balaban J connectivity index is 2.03. The van der Waals surface area contributed by atoms with E-state index in [0.717, 1.165) is 0 Å². The molecule has 1 amide bonds. The molecule has 5 heteroatoms. The van der Waals surface area contributed by atoms with Crippen molar-refractivity contribution in [3.8, 4) is 5.75 Å². The van der Waals surface area contributed by atoms with E-state index < -0.39 is 0 Å². The van der Waals surface area contributed by atoms with Crippen LogP contribution in [0.1, 0.15) is 24.2 Å². The molecule has 0 bridgehead atoms. The van der Waals surface area contributed by atoms with Crippen molar-refractivity contribution in [2.75, 3.05) is 11.9 Å². The van der Waals surface area contributed by atoms with Crippen LogP contribution in [0, 0.1) is 5.92 Å². The largest absolute Gasteiger partial charge is 0.492 e. The van der Waals surface area contributed by atoms with Crippen molar-refractivity contribution in [2.45, 2.75) is 13.8 Å². The van der Waals surface area contributed by atoms with E-state index in [1.165, 1.54) is 11.3 Å². The fourth-order valence-electron chi connectivity index (χ4n) is 1.55. The molecule has 3 nitrogen and oxygen atoms in total. The molecule has 0 aliphatic heterocycles. The van der Waals surface area contributed by atoms with E-state index in [4.69, 9.17) is 16.3 Å². The van der Waals surface area contributed by atoms with Gasteiger partial charge < -0.3 is 10.1 Å². The van der Waals surface area contributed by atoms with Crippen molar-refractivity contribution in [3.05, 3.63) is 45.6 Å². The quantitative estimate of drug-likeness (QED) is 0.870. The number of thiophene rings is 1. The van der Waals surface area contributed by atoms with E-state index in [2.05, 4.69) is 19.2 Å². The van der Waals surface area contributed by atoms with Gasteiger partial charge in [-0.1, -0.05) is 25.4 Å². The van der Waals surface area contributed by atoms with Gasteiger partial charge in [0.25, 0.3) is 5.91 Å². The van der Waals surface area contributed by atoms with Gasteiger partial charge in [0, 0.05) is 11.1 Å². The molecule has 2 rings (SSSR count). The molecule has 1 aromatic heterocycles. The first-order valence-corrected chi connectivity index (χ1v) is 7.64. The highest BCUT2D eigenvalue weighted by molar-refractivity contribution is 7.08. The van der Waals surface area contributed by atoms with E-state index in [-0.39, 0.29) is 5.91 Å². The third-order valence-corrected chi connectivity index (χ3v) is 3.52. The molecule has 0 saturated carbocycles. The van der Waals surface area contributed by atoms with Gasteiger partial charge in [0.05, 0.1) is 17.2 Å². The van der Waals surface area contributed by atoms with Gasteiger partial charge in [-0.2, -0.15) is 11.3 Å². The Kier molecular flexibility index (Phi) is 5.04. The zero-order chi connectivity index (χ0) is 14.5. The molecule has 1 heterocycles. The summed E-state index contributed by atoms with van der Waals surface area (Å²) in [5.41, 5.74) is 1.30. The maximum atomic E-state index is 11.9. The Bertz CT molecular complexity index is 582. The number of halogens is 1. The van der Waals surface area contributed by atoms with Crippen LogP contribution in [-0.4, -0.2) is 12.5 Å². The average Bonchev–Trinajstić information content (AvgIpc) is 2.91. The van der Waals surface area contributed by atoms with Crippen LogP contribution >= 0.6 is 22.9 Å². The number of hydrogen-bond donors (Lipinski definition) is 1. The van der Waals surface area contributed by atoms with Gasteiger partial charge in [-0.25, -0.2) is 0 Å². The van der Waals surface area contributed by atoms with E-state index in [0.29, 0.717) is 34.5 Å². The predicted octanol–water partition coefficient (Wildman–Crippen LogP) is 4.69. The summed E-state index contributed by atoms with van der Waals surface area (Å²) < 4.78 is 5.59. The molecule has 0 radical (unpaired) electrons. The lowest BCUT2D eigenvalue weighted by molar-refractivity contribution is 0.102. The molecule has 1 aromatic carbocycles. The van der Waals surface area contributed by atoms with Gasteiger partial charge in [-0.3, -0.25) is 4.79 Å². The van der Waals surface area contributed by atoms with Crippen molar-refractivity contribution in [2.24, 2.45) is 5.92 Å². The number of hydrogen-bond acceptors (Lipinski definition) is 3. The molecule has 0 spiro atoms. The molecule has 0 atom stereocenters. The first kappa shape index (κ1) is 14.9. The molecule has 1 N–H and O–H groups in total. The lowest BCUT2D eigenvalue weighted by atomic mass is 10.2. The minimum Gasteiger partial charge on any atom is -0.492 e. The molecular formula is C15H16ClNO2S. The molecule has 106 valence electrons. The lowest BCUT2D eigenvalue weighted by Crippen LogP contribution is -2.11. The van der Waals surface area contributed by atoms with Crippen LogP contribution in [0.15, 0.2) is 35.0 Å². The normalized spacial score (nSPS) is 10.6. The highest BCUT2D eigenvalue weighted by Gasteiger charge is 2.09. The lowest BCUT2D eigenvalue weighted by Gasteiger charge is -2.11. The molecule has 20 heavy (non-hydrogen) atoms. The van der Waals surface area contributed by atoms with Gasteiger partial charge in [-0.15, -0.1) is 0 Å². The van der Waals surface area contributed by atoms with Gasteiger partial charge in [0.15, 0.2) is 0 Å². The minimum atomic E-state index is -0.141. The summed E-state index contributed by atoms with van der Waals surface area (Å²) in [6, 6.07) is 7.03. The van der Waals surface area contributed by atoms with Crippen LogP contribution in [0.25, 0.3) is 0 Å². The molecule has 0 aliphatic rings. The number of carbonyl (C=O) groups is 1. The standard InChI is InChI=1S/C15H16ClNO2S/c1-10(2)8-19-14-4-3-12(7-13(14)16)17-15(18)11-5-6-20-9-11/h3-7,9-10H,8H2,1-2H3,(H,17,18). The number of carbonyl (C=O) groups excluding carboxylic acids is 1. The van der Waals surface area contributed by atoms with Crippen LogP contribution < -0.4 is 10.1 Å². The Hall–Kier alpha value is -1.52. The van der Waals surface area contributed by atoms with E-state index >= 15 is 0 Å². The van der Waals surface area contributed by atoms with Crippen LogP contribution in [0.5, 0.6) is 5.75 Å². The third kappa shape index (κ3) is 3.99. The number of amides is 1. The second-order valence-corrected chi connectivity index (χ2v) is 6.00. The second-order valence-electron chi connectivity index (χ2n) is 4.82. The van der Waals surface area contributed by atoms with Gasteiger partial charge >= 0.3 is 0 Å². The maximum Gasteiger partial charge on any atom is 0.256 e. The molecule has 0 fully saturated rings. The van der Waals surface area contributed by atoms with Crippen molar-refractivity contribution in [3.63, 3.8) is 0 Å². The Morgan fingerprint density at radius 2 is 2.20 bits per heavy atom. The number of benzene rings is 1. The second kappa shape index (κ2) is 6.77. The van der Waals surface area contributed by atoms with Crippen LogP contribution in [0.3, 0.4) is 0 Å². The van der Waals surface area contributed by atoms with E-state index in [9.17, 15) is 4.79 Å². The fraction of sp³-hybridized carbons (Fsp3) is 0.267. The van der Waals surface area contributed by atoms with Crippen LogP contribution in [0.4, 0.5) is 5.69 Å². The summed E-state index contributed by atoms with van der Waals surface area (Å²) in [5, 5.41) is 6.97. The summed E-state index contributed by atoms with van der Waals surface area (Å²) in [6.07, 6.45) is 0.